The average Bonchev–Trinajstić information content (AvgIpc) is 4.07. The molecule has 1 unspecified atom stereocenters. The Hall–Kier alpha value is -9.67. The Morgan fingerprint density at radius 1 is 0.293 bits per heavy atom. The van der Waals surface area contributed by atoms with Crippen molar-refractivity contribution < 1.29 is 5.11 Å². The number of amidine groups is 1. The Bertz CT molecular complexity index is 5130. The monoisotopic (exact) mass is 946 g/mol. The Morgan fingerprint density at radius 3 is 1.24 bits per heavy atom. The molecule has 75 heavy (non-hydrogen) atoms. The zero-order valence-corrected chi connectivity index (χ0v) is 40.2. The zero-order valence-electron chi connectivity index (χ0n) is 40.2. The molecule has 1 aliphatic carbocycles. The second-order valence-electron chi connectivity index (χ2n) is 21.2. The number of nitrogens with zero attached hydrogens (tertiary/aromatic N) is 2. The quantitative estimate of drug-likeness (QED) is 0.138. The maximum absolute atomic E-state index is 12.5. The summed E-state index contributed by atoms with van der Waals surface area (Å²) in [6.07, 6.45) is -0.888. The van der Waals surface area contributed by atoms with Crippen LogP contribution in [0.25, 0.3) is 163 Å². The van der Waals surface area contributed by atoms with Crippen molar-refractivity contribution in [1.29, 1.82) is 0 Å². The van der Waals surface area contributed by atoms with E-state index < -0.39 is 6.23 Å². The predicted octanol–water partition coefficient (Wildman–Crippen LogP) is 19.1. The van der Waals surface area contributed by atoms with Crippen molar-refractivity contribution in [3.8, 4) is 44.5 Å². The minimum atomic E-state index is -0.888. The molecule has 16 aromatic carbocycles. The minimum Gasteiger partial charge on any atom is -0.369 e. The van der Waals surface area contributed by atoms with Crippen LogP contribution in [0.1, 0.15) is 17.4 Å². The predicted molar refractivity (Wildman–Crippen MR) is 317 cm³/mol. The molecule has 3 heteroatoms. The van der Waals surface area contributed by atoms with Gasteiger partial charge in [-0.1, -0.05) is 200 Å². The van der Waals surface area contributed by atoms with E-state index in [2.05, 4.69) is 218 Å². The van der Waals surface area contributed by atoms with E-state index in [4.69, 9.17) is 4.99 Å². The van der Waals surface area contributed by atoms with Crippen molar-refractivity contribution in [3.05, 3.63) is 230 Å². The molecule has 2 aliphatic heterocycles. The van der Waals surface area contributed by atoms with Gasteiger partial charge in [-0.2, -0.15) is 0 Å². The van der Waals surface area contributed by atoms with E-state index in [-0.39, 0.29) is 0 Å². The highest BCUT2D eigenvalue weighted by molar-refractivity contribution is 6.46. The van der Waals surface area contributed by atoms with E-state index in [9.17, 15) is 5.11 Å². The molecule has 0 aromatic heterocycles. The summed E-state index contributed by atoms with van der Waals surface area (Å²) in [7, 11) is 0. The van der Waals surface area contributed by atoms with Crippen LogP contribution in [0.2, 0.25) is 0 Å². The van der Waals surface area contributed by atoms with Crippen molar-refractivity contribution in [2.24, 2.45) is 4.99 Å². The molecule has 3 nitrogen and oxygen atoms in total. The summed E-state index contributed by atoms with van der Waals surface area (Å²) >= 11 is 0. The summed E-state index contributed by atoms with van der Waals surface area (Å²) in [4.78, 5) is 7.36. The number of aliphatic hydroxyl groups excluding tert-OH is 1. The van der Waals surface area contributed by atoms with Crippen LogP contribution in [0.15, 0.2) is 223 Å². The number of hydrogen-bond acceptors (Lipinski definition) is 3. The maximum atomic E-state index is 12.5. The SMILES string of the molecule is OC1c2ccc3c4ccc5c6ccc7c8c(ccc(c9ccc(c%10ccc(c2c%103)C2=Nc3cccc%10cccc(c3%10)N21)c4c95)c86)-c1c-7c(-c2ccccc2)c2c3ccccc3c3ccccc3c2c1-c1ccccc1. The van der Waals surface area contributed by atoms with Crippen molar-refractivity contribution in [3.63, 3.8) is 0 Å². The number of aliphatic hydroxyl groups is 1. The maximum Gasteiger partial charge on any atom is 0.159 e. The number of fused-ring (bicyclic) bond motifs is 16. The lowest BCUT2D eigenvalue weighted by atomic mass is 9.79. The first-order chi connectivity index (χ1) is 37.2. The molecule has 342 valence electrons. The molecular formula is C72H38N2O. The molecule has 0 saturated heterocycles. The molecule has 19 rings (SSSR count). The van der Waals surface area contributed by atoms with E-state index in [0.29, 0.717) is 0 Å². The molecular weight excluding hydrogens is 909 g/mol. The largest absolute Gasteiger partial charge is 0.369 e. The summed E-state index contributed by atoms with van der Waals surface area (Å²) < 4.78 is 0. The third-order valence-electron chi connectivity index (χ3n) is 17.9. The summed E-state index contributed by atoms with van der Waals surface area (Å²) in [5, 5.41) is 39.9. The fraction of sp³-hybridized carbons (Fsp3) is 0.0139. The summed E-state index contributed by atoms with van der Waals surface area (Å²) in [6, 6.07) is 81.4. The summed E-state index contributed by atoms with van der Waals surface area (Å²) in [5.74, 6) is 0.797. The van der Waals surface area contributed by atoms with Gasteiger partial charge in [-0.3, -0.25) is 4.90 Å². The van der Waals surface area contributed by atoms with Gasteiger partial charge in [-0.05, 0) is 170 Å². The second-order valence-corrected chi connectivity index (χ2v) is 21.2. The Morgan fingerprint density at radius 2 is 0.707 bits per heavy atom. The molecule has 0 fully saturated rings. The van der Waals surface area contributed by atoms with Gasteiger partial charge in [0.2, 0.25) is 0 Å². The molecule has 1 atom stereocenters. The molecule has 16 aromatic rings. The van der Waals surface area contributed by atoms with Crippen molar-refractivity contribution in [2.45, 2.75) is 6.23 Å². The first kappa shape index (κ1) is 38.9. The van der Waals surface area contributed by atoms with Crippen LogP contribution in [0.5, 0.6) is 0 Å². The highest BCUT2D eigenvalue weighted by atomic mass is 16.3. The third-order valence-corrected chi connectivity index (χ3v) is 17.9. The zero-order chi connectivity index (χ0) is 48.5. The van der Waals surface area contributed by atoms with Crippen molar-refractivity contribution in [2.75, 3.05) is 4.90 Å². The molecule has 0 bridgehead atoms. The van der Waals surface area contributed by atoms with E-state index in [1.165, 1.54) is 147 Å². The van der Waals surface area contributed by atoms with Gasteiger partial charge >= 0.3 is 0 Å². The highest BCUT2D eigenvalue weighted by Crippen LogP contribution is 2.62. The van der Waals surface area contributed by atoms with Gasteiger partial charge < -0.3 is 5.11 Å². The van der Waals surface area contributed by atoms with E-state index >= 15 is 0 Å². The smallest absolute Gasteiger partial charge is 0.159 e. The van der Waals surface area contributed by atoms with Gasteiger partial charge in [-0.15, -0.1) is 0 Å². The van der Waals surface area contributed by atoms with Gasteiger partial charge in [-0.25, -0.2) is 4.99 Å². The van der Waals surface area contributed by atoms with Crippen LogP contribution < -0.4 is 4.90 Å². The normalized spacial score (nSPS) is 14.7. The number of benzene rings is 16. The summed E-state index contributed by atoms with van der Waals surface area (Å²) in [6.45, 7) is 0. The minimum absolute atomic E-state index is 0.797. The topological polar surface area (TPSA) is 35.8 Å². The van der Waals surface area contributed by atoms with Crippen molar-refractivity contribution in [1.82, 2.24) is 0 Å². The third kappa shape index (κ3) is 4.55. The summed E-state index contributed by atoms with van der Waals surface area (Å²) in [5.41, 5.74) is 14.1. The average molecular weight is 947 g/mol. The van der Waals surface area contributed by atoms with Gasteiger partial charge in [0, 0.05) is 21.9 Å². The first-order valence-electron chi connectivity index (χ1n) is 26.1. The van der Waals surface area contributed by atoms with Gasteiger partial charge in [0.1, 0.15) is 5.84 Å². The molecule has 0 spiro atoms. The molecule has 1 N–H and O–H groups in total. The Labute approximate surface area is 428 Å². The standard InChI is InChI=1S/C72H38N2O/c75-72-55-36-32-51-47-28-26-45-49-30-34-53-65-52(69-59(38-13-3-1-4-14-38)67-42-21-9-7-19-40(42)41-20-8-10-22-43(41)68(67)60(70(53)69)39-15-5-2-6-16-39)33-29-48(63(49)65)44-25-27-46(62(47)61(44)45)50-31-35-54(66(55)64(50)51)71-73-56-23-11-17-37-18-12-24-57(58(37)56)74(71)72/h1-36,72,75H. The van der Waals surface area contributed by atoms with Crippen LogP contribution in [0, 0.1) is 0 Å². The van der Waals surface area contributed by atoms with Crippen LogP contribution >= 0.6 is 0 Å². The van der Waals surface area contributed by atoms with Crippen LogP contribution in [0.4, 0.5) is 11.4 Å². The second kappa shape index (κ2) is 13.5. The van der Waals surface area contributed by atoms with E-state index in [1.807, 2.05) is 4.90 Å². The van der Waals surface area contributed by atoms with Gasteiger partial charge in [0.05, 0.1) is 11.4 Å². The number of rotatable bonds is 2. The number of aliphatic imine (C=N–C) groups is 1. The molecule has 0 radical (unpaired) electrons. The molecule has 3 aliphatic rings. The van der Waals surface area contributed by atoms with Crippen LogP contribution in [0.3, 0.4) is 0 Å². The number of hydrogen-bond donors (Lipinski definition) is 1. The van der Waals surface area contributed by atoms with Gasteiger partial charge in [0.15, 0.2) is 6.23 Å². The Balaban J connectivity index is 0.924. The lowest BCUT2D eigenvalue weighted by Gasteiger charge is -2.39. The molecule has 0 amide bonds. The van der Waals surface area contributed by atoms with Gasteiger partial charge in [0.25, 0.3) is 0 Å². The lowest BCUT2D eigenvalue weighted by Crippen LogP contribution is -2.40. The first-order valence-corrected chi connectivity index (χ1v) is 26.1. The van der Waals surface area contributed by atoms with Crippen molar-refractivity contribution >= 4 is 136 Å². The van der Waals surface area contributed by atoms with Crippen LogP contribution in [-0.4, -0.2) is 10.9 Å². The fourth-order valence-electron chi connectivity index (χ4n) is 15.1. The van der Waals surface area contributed by atoms with E-state index in [0.717, 1.165) is 44.5 Å². The number of anilines is 1. The molecule has 0 saturated carbocycles. The molecule has 2 heterocycles. The van der Waals surface area contributed by atoms with Crippen LogP contribution in [-0.2, 0) is 0 Å². The lowest BCUT2D eigenvalue weighted by molar-refractivity contribution is 0.188. The fourth-order valence-corrected chi connectivity index (χ4v) is 15.1. The van der Waals surface area contributed by atoms with E-state index in [1.54, 1.807) is 0 Å². The highest BCUT2D eigenvalue weighted by Gasteiger charge is 2.38. The Kier molecular flexibility index (Phi) is 7.00.